The van der Waals surface area contributed by atoms with Crippen molar-refractivity contribution in [3.05, 3.63) is 70.9 Å². The molecule has 0 amide bonds. The number of ketones is 2. The number of Topliss-reactive ketones (excluding diaryl/α,β-unsaturated/α-hetero) is 2. The van der Waals surface area contributed by atoms with Crippen molar-refractivity contribution in [2.24, 2.45) is 0 Å². The summed E-state index contributed by atoms with van der Waals surface area (Å²) in [6.07, 6.45) is 0. The van der Waals surface area contributed by atoms with Gasteiger partial charge in [-0.3, -0.25) is 9.59 Å². The van der Waals surface area contributed by atoms with Crippen molar-refractivity contribution in [2.75, 3.05) is 6.54 Å². The van der Waals surface area contributed by atoms with Gasteiger partial charge in [-0.25, -0.2) is 0 Å². The van der Waals surface area contributed by atoms with E-state index in [-0.39, 0.29) is 11.6 Å². The summed E-state index contributed by atoms with van der Waals surface area (Å²) in [4.78, 5) is 27.0. The molecule has 0 unspecified atom stereocenters. The lowest BCUT2D eigenvalue weighted by Gasteiger charge is -2.28. The third-order valence-electron chi connectivity index (χ3n) is 6.70. The topological polar surface area (TPSA) is 42.1 Å². The zero-order valence-electron chi connectivity index (χ0n) is 17.8. The minimum Gasteiger partial charge on any atom is -0.345 e. The van der Waals surface area contributed by atoms with Crippen molar-refractivity contribution in [1.29, 1.82) is 0 Å². The standard InChI is InChI=1S/C26H25N2O2/c1-5-27-15(3)21(17-11-7-9-13-19(17)27)23-25(29)24(26(23)30)22-16(4)28(6-2)20-14-10-8-12-18(20)22/h7-14,23H,5-6H2,1-4H3/q+1. The summed E-state index contributed by atoms with van der Waals surface area (Å²) in [5.41, 5.74) is 7.20. The van der Waals surface area contributed by atoms with E-state index in [0.717, 1.165) is 57.8 Å². The van der Waals surface area contributed by atoms with Gasteiger partial charge in [0.2, 0.25) is 5.69 Å². The van der Waals surface area contributed by atoms with Crippen LogP contribution >= 0.6 is 0 Å². The first-order valence-corrected chi connectivity index (χ1v) is 10.6. The molecule has 1 fully saturated rings. The number of hydrogen-bond acceptors (Lipinski definition) is 2. The maximum absolute atomic E-state index is 13.5. The molecule has 4 nitrogen and oxygen atoms in total. The molecule has 2 aliphatic rings. The normalized spacial score (nSPS) is 18.5. The molecule has 0 spiro atoms. The van der Waals surface area contributed by atoms with E-state index in [2.05, 4.69) is 35.1 Å². The average molecular weight is 397 g/mol. The molecule has 150 valence electrons. The molecular formula is C26H25N2O2+. The van der Waals surface area contributed by atoms with Crippen molar-refractivity contribution >= 4 is 39.4 Å². The van der Waals surface area contributed by atoms with Crippen molar-refractivity contribution in [1.82, 2.24) is 4.57 Å². The van der Waals surface area contributed by atoms with Crippen LogP contribution in [-0.2, 0) is 16.1 Å². The maximum atomic E-state index is 13.5. The van der Waals surface area contributed by atoms with Crippen LogP contribution in [0.1, 0.15) is 43.5 Å². The van der Waals surface area contributed by atoms with Gasteiger partial charge in [-0.05, 0) is 38.5 Å². The molecule has 2 aromatic carbocycles. The number of carbonyl (C=O) groups is 2. The van der Waals surface area contributed by atoms with Gasteiger partial charge in [0.05, 0.1) is 16.7 Å². The highest BCUT2D eigenvalue weighted by molar-refractivity contribution is 6.50. The molecule has 0 atom stereocenters. The molecule has 5 rings (SSSR count). The largest absolute Gasteiger partial charge is 0.345 e. The lowest BCUT2D eigenvalue weighted by atomic mass is 9.69. The van der Waals surface area contributed by atoms with Gasteiger partial charge in [0, 0.05) is 36.1 Å². The number of hydrogen-bond donors (Lipinski definition) is 0. The second-order valence-electron chi connectivity index (χ2n) is 8.02. The highest BCUT2D eigenvalue weighted by Crippen LogP contribution is 2.46. The summed E-state index contributed by atoms with van der Waals surface area (Å²) < 4.78 is 4.37. The molecule has 0 radical (unpaired) electrons. The Bertz CT molecular complexity index is 1300. The van der Waals surface area contributed by atoms with E-state index in [0.29, 0.717) is 5.57 Å². The van der Waals surface area contributed by atoms with Crippen molar-refractivity contribution in [3.63, 3.8) is 0 Å². The van der Waals surface area contributed by atoms with Crippen molar-refractivity contribution in [3.8, 4) is 0 Å². The predicted octanol–water partition coefficient (Wildman–Crippen LogP) is 4.80. The monoisotopic (exact) mass is 397 g/mol. The minimum atomic E-state index is -0.694. The molecule has 1 aromatic heterocycles. The fourth-order valence-corrected chi connectivity index (χ4v) is 5.34. The Morgan fingerprint density at radius 1 is 0.900 bits per heavy atom. The summed E-state index contributed by atoms with van der Waals surface area (Å²) >= 11 is 0. The van der Waals surface area contributed by atoms with Gasteiger partial charge in [-0.2, -0.15) is 4.58 Å². The first-order valence-electron chi connectivity index (χ1n) is 10.6. The molecule has 30 heavy (non-hydrogen) atoms. The Kier molecular flexibility index (Phi) is 4.14. The molecule has 0 saturated heterocycles. The predicted molar refractivity (Wildman–Crippen MR) is 120 cm³/mol. The second-order valence-corrected chi connectivity index (χ2v) is 8.02. The summed E-state index contributed by atoms with van der Waals surface area (Å²) in [5.74, 6) is -0.797. The molecule has 1 aliphatic heterocycles. The van der Waals surface area contributed by atoms with Gasteiger partial charge in [-0.15, -0.1) is 0 Å². The zero-order valence-corrected chi connectivity index (χ0v) is 17.8. The van der Waals surface area contributed by atoms with Crippen LogP contribution in [0.4, 0.5) is 5.69 Å². The highest BCUT2D eigenvalue weighted by Gasteiger charge is 2.51. The van der Waals surface area contributed by atoms with Crippen LogP contribution in [0.25, 0.3) is 16.5 Å². The Morgan fingerprint density at radius 2 is 1.57 bits per heavy atom. The Hall–Kier alpha value is -3.27. The number of fused-ring (bicyclic) bond motifs is 2. The van der Waals surface area contributed by atoms with Gasteiger partial charge < -0.3 is 4.57 Å². The van der Waals surface area contributed by atoms with Crippen LogP contribution in [0, 0.1) is 6.92 Å². The molecule has 0 bridgehead atoms. The van der Waals surface area contributed by atoms with E-state index < -0.39 is 5.92 Å². The molecule has 4 heteroatoms. The quantitative estimate of drug-likeness (QED) is 0.276. The third kappa shape index (κ3) is 2.25. The molecular weight excluding hydrogens is 372 g/mol. The van der Waals surface area contributed by atoms with Crippen LogP contribution in [-0.4, -0.2) is 33.0 Å². The fraction of sp³-hybridized carbons (Fsp3) is 0.269. The van der Waals surface area contributed by atoms with Gasteiger partial charge in [-0.1, -0.05) is 30.3 Å². The van der Waals surface area contributed by atoms with Crippen LogP contribution < -0.4 is 0 Å². The van der Waals surface area contributed by atoms with Gasteiger partial charge >= 0.3 is 0 Å². The summed E-state index contributed by atoms with van der Waals surface area (Å²) in [5, 5.41) is 1.01. The molecule has 3 aromatic rings. The van der Waals surface area contributed by atoms with E-state index in [9.17, 15) is 9.59 Å². The van der Waals surface area contributed by atoms with Gasteiger partial charge in [0.15, 0.2) is 17.3 Å². The Morgan fingerprint density at radius 3 is 2.27 bits per heavy atom. The van der Waals surface area contributed by atoms with E-state index in [1.807, 2.05) is 50.2 Å². The van der Waals surface area contributed by atoms with E-state index in [4.69, 9.17) is 0 Å². The van der Waals surface area contributed by atoms with Gasteiger partial charge in [0.1, 0.15) is 12.5 Å². The van der Waals surface area contributed by atoms with Crippen LogP contribution in [0.5, 0.6) is 0 Å². The van der Waals surface area contributed by atoms with E-state index in [1.165, 1.54) is 0 Å². The van der Waals surface area contributed by atoms with Crippen LogP contribution in [0.15, 0.2) is 54.1 Å². The smallest absolute Gasteiger partial charge is 0.213 e. The number of para-hydroxylation sites is 2. The molecule has 1 aliphatic carbocycles. The van der Waals surface area contributed by atoms with Crippen LogP contribution in [0.3, 0.4) is 0 Å². The van der Waals surface area contributed by atoms with Gasteiger partial charge in [0.25, 0.3) is 0 Å². The lowest BCUT2D eigenvalue weighted by molar-refractivity contribution is -0.432. The summed E-state index contributed by atoms with van der Waals surface area (Å²) in [6.45, 7) is 9.81. The Labute approximate surface area is 176 Å². The van der Waals surface area contributed by atoms with Crippen LogP contribution in [0.2, 0.25) is 0 Å². The maximum Gasteiger partial charge on any atom is 0.213 e. The minimum absolute atomic E-state index is 0.0517. The zero-order chi connectivity index (χ0) is 21.2. The SMILES string of the molecule is CCn1c(C)c(C2C(=O)C(=C3C(C)=[N+](CC)c4ccccc43)C2=O)c2ccccc21. The van der Waals surface area contributed by atoms with Crippen molar-refractivity contribution < 1.29 is 14.2 Å². The number of allylic oxidation sites excluding steroid dienone is 2. The third-order valence-corrected chi connectivity index (χ3v) is 6.70. The summed E-state index contributed by atoms with van der Waals surface area (Å²) in [6, 6.07) is 16.1. The second kappa shape index (κ2) is 6.63. The summed E-state index contributed by atoms with van der Waals surface area (Å²) in [7, 11) is 0. The average Bonchev–Trinajstić information content (AvgIpc) is 3.19. The van der Waals surface area contributed by atoms with Crippen molar-refractivity contribution in [2.45, 2.75) is 40.2 Å². The number of carbonyl (C=O) groups excluding carboxylic acids is 2. The van der Waals surface area contributed by atoms with E-state index >= 15 is 0 Å². The number of benzene rings is 2. The lowest BCUT2D eigenvalue weighted by Crippen LogP contribution is -2.40. The number of aromatic nitrogens is 1. The fourth-order valence-electron chi connectivity index (χ4n) is 5.34. The molecule has 0 N–H and O–H groups in total. The number of aryl methyl sites for hydroxylation is 1. The Balaban J connectivity index is 1.69. The highest BCUT2D eigenvalue weighted by atomic mass is 16.2. The number of nitrogens with zero attached hydrogens (tertiary/aromatic N) is 2. The molecule has 1 saturated carbocycles. The first-order chi connectivity index (χ1) is 14.5. The molecule has 2 heterocycles. The first kappa shape index (κ1) is 18.7. The number of rotatable bonds is 3. The van der Waals surface area contributed by atoms with E-state index in [1.54, 1.807) is 0 Å².